The van der Waals surface area contributed by atoms with Crippen LogP contribution in [0.5, 0.6) is 0 Å². The first kappa shape index (κ1) is 15.1. The molecule has 1 rings (SSSR count). The molecule has 0 spiro atoms. The van der Waals surface area contributed by atoms with Crippen LogP contribution in [0.3, 0.4) is 0 Å². The highest BCUT2D eigenvalue weighted by Crippen LogP contribution is 2.19. The van der Waals surface area contributed by atoms with Crippen LogP contribution in [-0.4, -0.2) is 18.3 Å². The van der Waals surface area contributed by atoms with Crippen LogP contribution in [-0.2, 0) is 0 Å². The number of aliphatic hydroxyl groups is 1. The molecule has 102 valence electrons. The molecule has 0 radical (unpaired) electrons. The van der Waals surface area contributed by atoms with Crippen molar-refractivity contribution in [1.29, 1.82) is 0 Å². The molecule has 18 heavy (non-hydrogen) atoms. The molecule has 0 aromatic heterocycles. The Morgan fingerprint density at radius 3 is 2.67 bits per heavy atom. The number of hydrogen-bond acceptors (Lipinski definition) is 2. The first-order valence-corrected chi connectivity index (χ1v) is 6.77. The van der Waals surface area contributed by atoms with E-state index in [-0.39, 0.29) is 18.5 Å². The van der Waals surface area contributed by atoms with E-state index in [2.05, 4.69) is 12.2 Å². The van der Waals surface area contributed by atoms with Crippen LogP contribution in [0.1, 0.15) is 44.7 Å². The SMILES string of the molecule is CCC(NCCCC(C)CO)c1ccccc1F. The average Bonchev–Trinajstić information content (AvgIpc) is 2.40. The number of benzene rings is 1. The molecule has 2 unspecified atom stereocenters. The molecule has 0 saturated carbocycles. The molecular formula is C15H24FNO. The van der Waals surface area contributed by atoms with Crippen molar-refractivity contribution >= 4 is 0 Å². The lowest BCUT2D eigenvalue weighted by molar-refractivity contribution is 0.227. The minimum atomic E-state index is -0.138. The summed E-state index contributed by atoms with van der Waals surface area (Å²) in [7, 11) is 0. The predicted octanol–water partition coefficient (Wildman–Crippen LogP) is 3.28. The summed E-state index contributed by atoms with van der Waals surface area (Å²) in [5.74, 6) is 0.209. The highest BCUT2D eigenvalue weighted by Gasteiger charge is 2.12. The van der Waals surface area contributed by atoms with E-state index in [1.807, 2.05) is 19.1 Å². The fraction of sp³-hybridized carbons (Fsp3) is 0.600. The Labute approximate surface area is 109 Å². The van der Waals surface area contributed by atoms with Crippen LogP contribution < -0.4 is 5.32 Å². The lowest BCUT2D eigenvalue weighted by Gasteiger charge is -2.18. The summed E-state index contributed by atoms with van der Waals surface area (Å²) >= 11 is 0. The molecule has 0 aliphatic rings. The van der Waals surface area contributed by atoms with Gasteiger partial charge in [-0.1, -0.05) is 32.0 Å². The molecular weight excluding hydrogens is 229 g/mol. The van der Waals surface area contributed by atoms with Crippen LogP contribution in [0.15, 0.2) is 24.3 Å². The molecule has 0 bridgehead atoms. The van der Waals surface area contributed by atoms with Crippen molar-refractivity contribution in [2.24, 2.45) is 5.92 Å². The van der Waals surface area contributed by atoms with Crippen LogP contribution in [0.4, 0.5) is 4.39 Å². The number of halogens is 1. The molecule has 2 atom stereocenters. The molecule has 2 nitrogen and oxygen atoms in total. The number of rotatable bonds is 8. The maximum absolute atomic E-state index is 13.6. The lowest BCUT2D eigenvalue weighted by atomic mass is 10.0. The minimum Gasteiger partial charge on any atom is -0.396 e. The van der Waals surface area contributed by atoms with Gasteiger partial charge in [0.2, 0.25) is 0 Å². The van der Waals surface area contributed by atoms with Gasteiger partial charge < -0.3 is 10.4 Å². The molecule has 0 saturated heterocycles. The second kappa shape index (κ2) is 8.22. The topological polar surface area (TPSA) is 32.3 Å². The van der Waals surface area contributed by atoms with E-state index in [1.54, 1.807) is 6.07 Å². The highest BCUT2D eigenvalue weighted by molar-refractivity contribution is 5.20. The molecule has 0 aliphatic heterocycles. The summed E-state index contributed by atoms with van der Waals surface area (Å²) in [6.45, 7) is 5.19. The first-order chi connectivity index (χ1) is 8.69. The average molecular weight is 253 g/mol. The molecule has 3 heteroatoms. The van der Waals surface area contributed by atoms with Crippen LogP contribution in [0.25, 0.3) is 0 Å². The van der Waals surface area contributed by atoms with E-state index < -0.39 is 0 Å². The Bertz CT molecular complexity index is 343. The summed E-state index contributed by atoms with van der Waals surface area (Å²) in [5.41, 5.74) is 0.746. The molecule has 0 fully saturated rings. The largest absolute Gasteiger partial charge is 0.396 e. The second-order valence-electron chi connectivity index (χ2n) is 4.87. The zero-order valence-electron chi connectivity index (χ0n) is 11.3. The van der Waals surface area contributed by atoms with Gasteiger partial charge in [-0.05, 0) is 37.8 Å². The zero-order chi connectivity index (χ0) is 13.4. The highest BCUT2D eigenvalue weighted by atomic mass is 19.1. The Balaban J connectivity index is 2.41. The van der Waals surface area contributed by atoms with Gasteiger partial charge in [0.1, 0.15) is 5.82 Å². The number of hydrogen-bond donors (Lipinski definition) is 2. The third kappa shape index (κ3) is 4.75. The van der Waals surface area contributed by atoms with E-state index >= 15 is 0 Å². The number of nitrogens with one attached hydrogen (secondary N) is 1. The standard InChI is InChI=1S/C15H24FNO/c1-3-15(13-8-4-5-9-14(13)16)17-10-6-7-12(2)11-18/h4-5,8-9,12,15,17-18H,3,6-7,10-11H2,1-2H3. The van der Waals surface area contributed by atoms with Crippen molar-refractivity contribution in [2.75, 3.05) is 13.2 Å². The van der Waals surface area contributed by atoms with Crippen molar-refractivity contribution in [3.05, 3.63) is 35.6 Å². The summed E-state index contributed by atoms with van der Waals surface area (Å²) in [4.78, 5) is 0. The normalized spacial score (nSPS) is 14.4. The van der Waals surface area contributed by atoms with Crippen molar-refractivity contribution < 1.29 is 9.50 Å². The first-order valence-electron chi connectivity index (χ1n) is 6.77. The third-order valence-electron chi connectivity index (χ3n) is 3.26. The van der Waals surface area contributed by atoms with Crippen LogP contribution >= 0.6 is 0 Å². The fourth-order valence-electron chi connectivity index (χ4n) is 2.05. The Hall–Kier alpha value is -0.930. The summed E-state index contributed by atoms with van der Waals surface area (Å²) in [5, 5.41) is 12.3. The molecule has 0 aliphatic carbocycles. The van der Waals surface area contributed by atoms with Crippen molar-refractivity contribution in [3.8, 4) is 0 Å². The summed E-state index contributed by atoms with van der Waals surface area (Å²) < 4.78 is 13.6. The minimum absolute atomic E-state index is 0.0793. The Morgan fingerprint density at radius 2 is 2.06 bits per heavy atom. The van der Waals surface area contributed by atoms with Gasteiger partial charge in [0.05, 0.1) is 0 Å². The van der Waals surface area contributed by atoms with Gasteiger partial charge in [-0.25, -0.2) is 4.39 Å². The van der Waals surface area contributed by atoms with E-state index in [1.165, 1.54) is 6.07 Å². The third-order valence-corrected chi connectivity index (χ3v) is 3.26. The van der Waals surface area contributed by atoms with Gasteiger partial charge in [-0.15, -0.1) is 0 Å². The molecule has 2 N–H and O–H groups in total. The van der Waals surface area contributed by atoms with Gasteiger partial charge in [0.15, 0.2) is 0 Å². The van der Waals surface area contributed by atoms with Crippen LogP contribution in [0.2, 0.25) is 0 Å². The quantitative estimate of drug-likeness (QED) is 0.697. The smallest absolute Gasteiger partial charge is 0.127 e. The van der Waals surface area contributed by atoms with Gasteiger partial charge in [0, 0.05) is 18.2 Å². The van der Waals surface area contributed by atoms with Crippen LogP contribution in [0, 0.1) is 11.7 Å². The van der Waals surface area contributed by atoms with E-state index in [0.717, 1.165) is 31.4 Å². The Kier molecular flexibility index (Phi) is 6.91. The predicted molar refractivity (Wildman–Crippen MR) is 72.9 cm³/mol. The maximum Gasteiger partial charge on any atom is 0.127 e. The zero-order valence-corrected chi connectivity index (χ0v) is 11.3. The maximum atomic E-state index is 13.6. The van der Waals surface area contributed by atoms with Crippen molar-refractivity contribution in [1.82, 2.24) is 5.32 Å². The summed E-state index contributed by atoms with van der Waals surface area (Å²) in [6, 6.07) is 7.02. The van der Waals surface area contributed by atoms with Gasteiger partial charge in [0.25, 0.3) is 0 Å². The van der Waals surface area contributed by atoms with E-state index in [9.17, 15) is 4.39 Å². The molecule has 0 heterocycles. The summed E-state index contributed by atoms with van der Waals surface area (Å²) in [6.07, 6.45) is 2.88. The van der Waals surface area contributed by atoms with Gasteiger partial charge >= 0.3 is 0 Å². The van der Waals surface area contributed by atoms with Gasteiger partial charge in [-0.2, -0.15) is 0 Å². The van der Waals surface area contributed by atoms with Crippen molar-refractivity contribution in [3.63, 3.8) is 0 Å². The van der Waals surface area contributed by atoms with Gasteiger partial charge in [-0.3, -0.25) is 0 Å². The monoisotopic (exact) mass is 253 g/mol. The molecule has 0 amide bonds. The Morgan fingerprint density at radius 1 is 1.33 bits per heavy atom. The number of aliphatic hydroxyl groups excluding tert-OH is 1. The molecule has 1 aromatic rings. The van der Waals surface area contributed by atoms with Crippen molar-refractivity contribution in [2.45, 2.75) is 39.2 Å². The van der Waals surface area contributed by atoms with E-state index in [4.69, 9.17) is 5.11 Å². The van der Waals surface area contributed by atoms with E-state index in [0.29, 0.717) is 5.92 Å². The lowest BCUT2D eigenvalue weighted by Crippen LogP contribution is -2.23. The molecule has 1 aromatic carbocycles. The fourth-order valence-corrected chi connectivity index (χ4v) is 2.05. The second-order valence-corrected chi connectivity index (χ2v) is 4.87.